The zero-order chi connectivity index (χ0) is 12.9. The molecule has 0 amide bonds. The summed E-state index contributed by atoms with van der Waals surface area (Å²) in [6.07, 6.45) is 3.75. The van der Waals surface area contributed by atoms with Crippen LogP contribution in [0.3, 0.4) is 0 Å². The molecular weight excluding hydrogens is 258 g/mol. The monoisotopic (exact) mass is 271 g/mol. The lowest BCUT2D eigenvalue weighted by molar-refractivity contribution is 0.687. The molecule has 6 heteroatoms. The Morgan fingerprint density at radius 3 is 3.05 bits per heavy atom. The molecule has 19 heavy (non-hydrogen) atoms. The molecule has 2 heterocycles. The van der Waals surface area contributed by atoms with Crippen molar-refractivity contribution in [2.75, 3.05) is 5.32 Å². The first-order valence-electron chi connectivity index (χ1n) is 5.96. The van der Waals surface area contributed by atoms with Crippen molar-refractivity contribution in [2.45, 2.75) is 13.1 Å². The summed E-state index contributed by atoms with van der Waals surface area (Å²) in [6.45, 7) is 1.47. The summed E-state index contributed by atoms with van der Waals surface area (Å²) in [6, 6.07) is 10.2. The fourth-order valence-electron chi connectivity index (χ4n) is 1.81. The maximum absolute atomic E-state index is 4.21. The van der Waals surface area contributed by atoms with Crippen LogP contribution in [0.25, 0.3) is 0 Å². The van der Waals surface area contributed by atoms with Gasteiger partial charge in [0.15, 0.2) is 0 Å². The number of hydrogen-bond acceptors (Lipinski definition) is 5. The highest BCUT2D eigenvalue weighted by atomic mass is 32.1. The summed E-state index contributed by atoms with van der Waals surface area (Å²) in [4.78, 5) is 0. The number of benzene rings is 1. The number of rotatable bonds is 5. The molecule has 96 valence electrons. The number of aromatic nitrogens is 4. The predicted molar refractivity (Wildman–Crippen MR) is 75.0 cm³/mol. The Morgan fingerprint density at radius 2 is 2.26 bits per heavy atom. The second kappa shape index (κ2) is 5.62. The van der Waals surface area contributed by atoms with Gasteiger partial charge in [0.05, 0.1) is 18.8 Å². The van der Waals surface area contributed by atoms with Gasteiger partial charge in [0.2, 0.25) is 0 Å². The van der Waals surface area contributed by atoms with Crippen molar-refractivity contribution in [1.82, 2.24) is 19.4 Å². The molecule has 5 nitrogen and oxygen atoms in total. The van der Waals surface area contributed by atoms with E-state index < -0.39 is 0 Å². The van der Waals surface area contributed by atoms with E-state index in [9.17, 15) is 0 Å². The Morgan fingerprint density at radius 1 is 1.26 bits per heavy atom. The van der Waals surface area contributed by atoms with E-state index >= 15 is 0 Å². The van der Waals surface area contributed by atoms with Crippen molar-refractivity contribution >= 4 is 17.2 Å². The predicted octanol–water partition coefficient (Wildman–Crippen LogP) is 2.40. The summed E-state index contributed by atoms with van der Waals surface area (Å²) in [5.74, 6) is 0. The molecule has 0 bridgehead atoms. The molecule has 0 unspecified atom stereocenters. The van der Waals surface area contributed by atoms with Crippen molar-refractivity contribution in [3.63, 3.8) is 0 Å². The van der Waals surface area contributed by atoms with E-state index in [4.69, 9.17) is 0 Å². The average molecular weight is 271 g/mol. The number of nitrogens with one attached hydrogen (secondary N) is 1. The van der Waals surface area contributed by atoms with Gasteiger partial charge in [-0.1, -0.05) is 16.6 Å². The summed E-state index contributed by atoms with van der Waals surface area (Å²) in [5, 5.41) is 13.5. The standard InChI is InChI=1S/C13H13N5S/c1-3-11(9-18-6-2-5-15-18)7-12(4-1)14-8-13-10-19-17-16-13/h1-7,10,14H,8-9H2. The normalized spacial score (nSPS) is 10.5. The van der Waals surface area contributed by atoms with Crippen molar-refractivity contribution in [3.05, 3.63) is 59.4 Å². The molecule has 1 aromatic carbocycles. The molecule has 0 saturated heterocycles. The SMILES string of the molecule is c1cc(Cn2cccn2)cc(NCc2csnn2)c1. The molecule has 1 N–H and O–H groups in total. The van der Waals surface area contributed by atoms with Gasteiger partial charge in [0.1, 0.15) is 0 Å². The summed E-state index contributed by atoms with van der Waals surface area (Å²) >= 11 is 1.37. The quantitative estimate of drug-likeness (QED) is 0.774. The Hall–Kier alpha value is -2.21. The van der Waals surface area contributed by atoms with Gasteiger partial charge in [0.25, 0.3) is 0 Å². The molecule has 0 saturated carbocycles. The lowest BCUT2D eigenvalue weighted by atomic mass is 10.2. The van der Waals surface area contributed by atoms with Crippen molar-refractivity contribution in [1.29, 1.82) is 0 Å². The summed E-state index contributed by atoms with van der Waals surface area (Å²) in [5.41, 5.74) is 3.25. The Balaban J connectivity index is 1.66. The second-order valence-corrected chi connectivity index (χ2v) is 4.76. The van der Waals surface area contributed by atoms with E-state index in [1.54, 1.807) is 6.20 Å². The van der Waals surface area contributed by atoms with Gasteiger partial charge in [-0.15, -0.1) is 5.10 Å². The largest absolute Gasteiger partial charge is 0.379 e. The minimum absolute atomic E-state index is 0.696. The number of anilines is 1. The lowest BCUT2D eigenvalue weighted by Crippen LogP contribution is -2.02. The Kier molecular flexibility index (Phi) is 3.51. The van der Waals surface area contributed by atoms with Gasteiger partial charge >= 0.3 is 0 Å². The van der Waals surface area contributed by atoms with Crippen molar-refractivity contribution in [2.24, 2.45) is 0 Å². The third-order valence-corrected chi connectivity index (χ3v) is 3.26. The van der Waals surface area contributed by atoms with Crippen LogP contribution in [-0.4, -0.2) is 19.4 Å². The van der Waals surface area contributed by atoms with Crippen LogP contribution in [0.5, 0.6) is 0 Å². The van der Waals surface area contributed by atoms with Gasteiger partial charge < -0.3 is 5.32 Å². The number of nitrogens with zero attached hydrogens (tertiary/aromatic N) is 4. The van der Waals surface area contributed by atoms with E-state index in [1.807, 2.05) is 34.5 Å². The van der Waals surface area contributed by atoms with Crippen LogP contribution in [-0.2, 0) is 13.1 Å². The van der Waals surface area contributed by atoms with Gasteiger partial charge in [-0.25, -0.2) is 0 Å². The molecule has 0 aliphatic carbocycles. The van der Waals surface area contributed by atoms with E-state index in [0.717, 1.165) is 17.9 Å². The van der Waals surface area contributed by atoms with E-state index in [1.165, 1.54) is 17.1 Å². The van der Waals surface area contributed by atoms with Crippen LogP contribution in [0.1, 0.15) is 11.3 Å². The van der Waals surface area contributed by atoms with E-state index in [2.05, 4.69) is 32.1 Å². The molecule has 0 radical (unpaired) electrons. The topological polar surface area (TPSA) is 55.6 Å². The highest BCUT2D eigenvalue weighted by Gasteiger charge is 1.99. The molecule has 3 rings (SSSR count). The zero-order valence-electron chi connectivity index (χ0n) is 10.2. The molecule has 2 aromatic heterocycles. The van der Waals surface area contributed by atoms with Gasteiger partial charge in [-0.3, -0.25) is 4.68 Å². The average Bonchev–Trinajstić information content (AvgIpc) is 3.10. The minimum Gasteiger partial charge on any atom is -0.379 e. The summed E-state index contributed by atoms with van der Waals surface area (Å²) < 4.78 is 5.75. The molecule has 0 atom stereocenters. The Bertz CT molecular complexity index is 618. The third kappa shape index (κ3) is 3.17. The molecule has 0 fully saturated rings. The van der Waals surface area contributed by atoms with E-state index in [0.29, 0.717) is 6.54 Å². The maximum Gasteiger partial charge on any atom is 0.0946 e. The Labute approximate surface area is 115 Å². The molecular formula is C13H13N5S. The minimum atomic E-state index is 0.696. The highest BCUT2D eigenvalue weighted by molar-refractivity contribution is 7.03. The van der Waals surface area contributed by atoms with Gasteiger partial charge in [-0.05, 0) is 35.3 Å². The van der Waals surface area contributed by atoms with Gasteiger partial charge in [-0.2, -0.15) is 5.10 Å². The van der Waals surface area contributed by atoms with Crippen LogP contribution in [0.15, 0.2) is 48.1 Å². The highest BCUT2D eigenvalue weighted by Crippen LogP contribution is 2.13. The summed E-state index contributed by atoms with van der Waals surface area (Å²) in [7, 11) is 0. The van der Waals surface area contributed by atoms with Crippen molar-refractivity contribution < 1.29 is 0 Å². The lowest BCUT2D eigenvalue weighted by Gasteiger charge is -2.07. The van der Waals surface area contributed by atoms with Crippen LogP contribution in [0, 0.1) is 0 Å². The second-order valence-electron chi connectivity index (χ2n) is 4.15. The van der Waals surface area contributed by atoms with Crippen LogP contribution >= 0.6 is 11.5 Å². The fraction of sp³-hybridized carbons (Fsp3) is 0.154. The van der Waals surface area contributed by atoms with Crippen molar-refractivity contribution in [3.8, 4) is 0 Å². The first-order valence-corrected chi connectivity index (χ1v) is 6.80. The smallest absolute Gasteiger partial charge is 0.0946 e. The van der Waals surface area contributed by atoms with Crippen LogP contribution < -0.4 is 5.32 Å². The first kappa shape index (κ1) is 11.9. The van der Waals surface area contributed by atoms with Crippen LogP contribution in [0.2, 0.25) is 0 Å². The maximum atomic E-state index is 4.21. The molecule has 0 aliphatic heterocycles. The fourth-order valence-corrected chi connectivity index (χ4v) is 2.27. The number of hydrogen-bond donors (Lipinski definition) is 1. The first-order chi connectivity index (χ1) is 9.40. The molecule has 0 aliphatic rings. The zero-order valence-corrected chi connectivity index (χ0v) is 11.0. The molecule has 0 spiro atoms. The van der Waals surface area contributed by atoms with Crippen LogP contribution in [0.4, 0.5) is 5.69 Å². The molecule has 3 aromatic rings. The van der Waals surface area contributed by atoms with E-state index in [-0.39, 0.29) is 0 Å². The third-order valence-electron chi connectivity index (χ3n) is 2.71. The van der Waals surface area contributed by atoms with Gasteiger partial charge in [0, 0.05) is 23.5 Å².